The van der Waals surface area contributed by atoms with Crippen molar-refractivity contribution < 1.29 is 9.21 Å². The smallest absolute Gasteiger partial charge is 0.230 e. The van der Waals surface area contributed by atoms with Gasteiger partial charge >= 0.3 is 0 Å². The maximum atomic E-state index is 12.5. The van der Waals surface area contributed by atoms with Crippen LogP contribution in [0.25, 0.3) is 20.7 Å². The van der Waals surface area contributed by atoms with E-state index in [9.17, 15) is 4.79 Å². The van der Waals surface area contributed by atoms with Gasteiger partial charge in [-0.1, -0.05) is 60.7 Å². The molecule has 0 spiro atoms. The number of fused-ring (bicyclic) bond motifs is 1. The first kappa shape index (κ1) is 13.8. The van der Waals surface area contributed by atoms with Crippen molar-refractivity contribution in [2.45, 2.75) is 0 Å². The molecule has 0 aliphatic carbocycles. The first-order valence-electron chi connectivity index (χ1n) is 7.21. The first-order valence-corrected chi connectivity index (χ1v) is 8.02. The van der Waals surface area contributed by atoms with Crippen LogP contribution in [0.2, 0.25) is 0 Å². The first-order chi connectivity index (χ1) is 11.2. The molecule has 3 nitrogen and oxygen atoms in total. The van der Waals surface area contributed by atoms with Gasteiger partial charge in [-0.3, -0.25) is 4.79 Å². The van der Waals surface area contributed by atoms with E-state index >= 15 is 0 Å². The molecule has 0 radical (unpaired) electrons. The minimum absolute atomic E-state index is 0.187. The highest BCUT2D eigenvalue weighted by atomic mass is 32.1. The summed E-state index contributed by atoms with van der Waals surface area (Å²) in [6.07, 6.45) is 0. The fraction of sp³-hybridized carbons (Fsp3) is 0. The number of carbonyl (C=O) groups excluding carboxylic acids is 1. The third kappa shape index (κ3) is 2.33. The van der Waals surface area contributed by atoms with E-state index in [4.69, 9.17) is 10.2 Å². The maximum Gasteiger partial charge on any atom is 0.230 e. The van der Waals surface area contributed by atoms with Crippen LogP contribution in [0.3, 0.4) is 0 Å². The normalized spacial score (nSPS) is 11.0. The van der Waals surface area contributed by atoms with Crippen LogP contribution in [0, 0.1) is 0 Å². The van der Waals surface area contributed by atoms with Gasteiger partial charge in [0.05, 0.1) is 4.70 Å². The summed E-state index contributed by atoms with van der Waals surface area (Å²) in [5, 5.41) is 0. The number of hydrogen-bond donors (Lipinski definition) is 1. The number of nitrogens with two attached hydrogens (primary N) is 1. The van der Waals surface area contributed by atoms with E-state index in [1.807, 2.05) is 54.6 Å². The van der Waals surface area contributed by atoms with E-state index in [0.717, 1.165) is 15.1 Å². The van der Waals surface area contributed by atoms with Crippen LogP contribution in [0.15, 0.2) is 71.1 Å². The van der Waals surface area contributed by atoms with Crippen LogP contribution in [0.1, 0.15) is 16.1 Å². The van der Waals surface area contributed by atoms with Gasteiger partial charge in [-0.2, -0.15) is 0 Å². The van der Waals surface area contributed by atoms with E-state index in [1.54, 1.807) is 12.1 Å². The average Bonchev–Trinajstić information content (AvgIpc) is 3.16. The van der Waals surface area contributed by atoms with Gasteiger partial charge in [0.15, 0.2) is 5.76 Å². The molecule has 4 heteroatoms. The Bertz CT molecular complexity index is 984. The highest BCUT2D eigenvalue weighted by molar-refractivity contribution is 7.22. The quantitative estimate of drug-likeness (QED) is 0.542. The van der Waals surface area contributed by atoms with Crippen molar-refractivity contribution in [1.29, 1.82) is 0 Å². The molecule has 0 bridgehead atoms. The van der Waals surface area contributed by atoms with E-state index < -0.39 is 0 Å². The van der Waals surface area contributed by atoms with Crippen LogP contribution in [0.4, 0.5) is 5.69 Å². The Labute approximate surface area is 137 Å². The summed E-state index contributed by atoms with van der Waals surface area (Å²) in [6.45, 7) is 0. The fourth-order valence-corrected chi connectivity index (χ4v) is 3.58. The molecule has 4 rings (SSSR count). The van der Waals surface area contributed by atoms with Crippen molar-refractivity contribution in [2.75, 3.05) is 5.73 Å². The number of ketones is 1. The van der Waals surface area contributed by atoms with Crippen LogP contribution < -0.4 is 5.73 Å². The van der Waals surface area contributed by atoms with Crippen LogP contribution in [0.5, 0.6) is 0 Å². The lowest BCUT2D eigenvalue weighted by Gasteiger charge is -1.99. The Morgan fingerprint density at radius 1 is 0.957 bits per heavy atom. The van der Waals surface area contributed by atoms with Crippen LogP contribution in [-0.4, -0.2) is 5.78 Å². The monoisotopic (exact) mass is 319 g/mol. The van der Waals surface area contributed by atoms with Crippen molar-refractivity contribution in [2.24, 2.45) is 0 Å². The number of hydrogen-bond acceptors (Lipinski definition) is 4. The van der Waals surface area contributed by atoms with Crippen molar-refractivity contribution in [3.05, 3.63) is 78.1 Å². The van der Waals surface area contributed by atoms with Crippen molar-refractivity contribution in [1.82, 2.24) is 0 Å². The van der Waals surface area contributed by atoms with Gasteiger partial charge < -0.3 is 10.2 Å². The highest BCUT2D eigenvalue weighted by Gasteiger charge is 2.22. The second-order valence-electron chi connectivity index (χ2n) is 5.21. The number of rotatable bonds is 3. The number of thiophene rings is 1. The van der Waals surface area contributed by atoms with E-state index in [-0.39, 0.29) is 11.5 Å². The van der Waals surface area contributed by atoms with E-state index in [0.29, 0.717) is 16.8 Å². The van der Waals surface area contributed by atoms with Gasteiger partial charge in [0, 0.05) is 16.5 Å². The third-order valence-electron chi connectivity index (χ3n) is 3.70. The molecule has 112 valence electrons. The van der Waals surface area contributed by atoms with E-state index in [1.165, 1.54) is 11.3 Å². The van der Waals surface area contributed by atoms with Gasteiger partial charge in [-0.05, 0) is 5.56 Å². The molecule has 0 fully saturated rings. The Morgan fingerprint density at radius 3 is 2.26 bits per heavy atom. The lowest BCUT2D eigenvalue weighted by molar-refractivity contribution is 0.101. The molecule has 0 amide bonds. The number of nitrogen functional groups attached to an aromatic ring is 1. The van der Waals surface area contributed by atoms with Gasteiger partial charge in [-0.15, -0.1) is 11.3 Å². The SMILES string of the molecule is Nc1c(C(=O)c2ccccc2)oc2cc(-c3ccccc3)sc12. The minimum atomic E-state index is -0.187. The summed E-state index contributed by atoms with van der Waals surface area (Å²) in [4.78, 5) is 13.6. The topological polar surface area (TPSA) is 56.2 Å². The summed E-state index contributed by atoms with van der Waals surface area (Å²) in [5.74, 6) is 0.0322. The lowest BCUT2D eigenvalue weighted by atomic mass is 10.1. The second kappa shape index (κ2) is 5.41. The van der Waals surface area contributed by atoms with E-state index in [2.05, 4.69) is 0 Å². The number of furan rings is 1. The molecule has 2 heterocycles. The molecule has 0 atom stereocenters. The molecule has 2 aromatic carbocycles. The van der Waals surface area contributed by atoms with Gasteiger partial charge in [0.25, 0.3) is 0 Å². The molecule has 0 aliphatic heterocycles. The van der Waals surface area contributed by atoms with Gasteiger partial charge in [0.1, 0.15) is 11.3 Å². The Hall–Kier alpha value is -2.85. The summed E-state index contributed by atoms with van der Waals surface area (Å²) in [5.41, 5.74) is 8.92. The molecule has 2 N–H and O–H groups in total. The molecule has 0 aliphatic rings. The fourth-order valence-electron chi connectivity index (χ4n) is 2.54. The third-order valence-corrected chi connectivity index (χ3v) is 4.90. The molecule has 0 saturated heterocycles. The summed E-state index contributed by atoms with van der Waals surface area (Å²) in [6, 6.07) is 21.0. The Kier molecular flexibility index (Phi) is 3.24. The summed E-state index contributed by atoms with van der Waals surface area (Å²) in [7, 11) is 0. The zero-order valence-electron chi connectivity index (χ0n) is 12.2. The van der Waals surface area contributed by atoms with Gasteiger partial charge in [-0.25, -0.2) is 0 Å². The highest BCUT2D eigenvalue weighted by Crippen LogP contribution is 2.40. The predicted octanol–water partition coefficient (Wildman–Crippen LogP) is 4.97. The van der Waals surface area contributed by atoms with Crippen LogP contribution >= 0.6 is 11.3 Å². The number of benzene rings is 2. The Balaban J connectivity index is 1.78. The lowest BCUT2D eigenvalue weighted by Crippen LogP contribution is -2.02. The second-order valence-corrected chi connectivity index (χ2v) is 6.26. The van der Waals surface area contributed by atoms with Crippen molar-refractivity contribution in [3.8, 4) is 10.4 Å². The number of carbonyl (C=O) groups is 1. The van der Waals surface area contributed by atoms with Gasteiger partial charge in [0.2, 0.25) is 5.78 Å². The van der Waals surface area contributed by atoms with Crippen LogP contribution in [-0.2, 0) is 0 Å². The predicted molar refractivity (Wildman–Crippen MR) is 93.8 cm³/mol. The summed E-state index contributed by atoms with van der Waals surface area (Å²) < 4.78 is 6.58. The van der Waals surface area contributed by atoms with Crippen molar-refractivity contribution >= 4 is 33.1 Å². The maximum absolute atomic E-state index is 12.5. The zero-order chi connectivity index (χ0) is 15.8. The molecule has 0 unspecified atom stereocenters. The molecular weight excluding hydrogens is 306 g/mol. The molecule has 0 saturated carbocycles. The summed E-state index contributed by atoms with van der Waals surface area (Å²) >= 11 is 1.54. The average molecular weight is 319 g/mol. The molecule has 23 heavy (non-hydrogen) atoms. The Morgan fingerprint density at radius 2 is 1.61 bits per heavy atom. The minimum Gasteiger partial charge on any atom is -0.449 e. The molecular formula is C19H13NO2S. The zero-order valence-corrected chi connectivity index (χ0v) is 13.0. The largest absolute Gasteiger partial charge is 0.449 e. The standard InChI is InChI=1S/C19H13NO2S/c20-16-18(17(21)13-9-5-2-6-10-13)22-14-11-15(23-19(14)16)12-7-3-1-4-8-12/h1-11H,20H2. The molecule has 4 aromatic rings. The number of anilines is 1. The van der Waals surface area contributed by atoms with Crippen molar-refractivity contribution in [3.63, 3.8) is 0 Å². The molecule has 2 aromatic heterocycles.